The fraction of sp³-hybridized carbons (Fsp3) is 0.545. The van der Waals surface area contributed by atoms with E-state index in [0.717, 1.165) is 5.69 Å². The summed E-state index contributed by atoms with van der Waals surface area (Å²) in [6.45, 7) is 2.77. The van der Waals surface area contributed by atoms with Gasteiger partial charge in [0.25, 0.3) is 0 Å². The number of aromatic nitrogens is 1. The molecule has 0 aliphatic carbocycles. The van der Waals surface area contributed by atoms with E-state index < -0.39 is 0 Å². The van der Waals surface area contributed by atoms with Crippen LogP contribution in [0.4, 0.5) is 0 Å². The summed E-state index contributed by atoms with van der Waals surface area (Å²) in [4.78, 5) is 4.21. The molecular weight excluding hydrogens is 208 g/mol. The van der Waals surface area contributed by atoms with Gasteiger partial charge in [-0.25, -0.2) is 0 Å². The van der Waals surface area contributed by atoms with Crippen LogP contribution in [0.15, 0.2) is 12.3 Å². The van der Waals surface area contributed by atoms with Gasteiger partial charge in [-0.2, -0.15) is 0 Å². The van der Waals surface area contributed by atoms with E-state index in [0.29, 0.717) is 24.6 Å². The molecule has 0 aromatic carbocycles. The van der Waals surface area contributed by atoms with E-state index in [4.69, 9.17) is 14.6 Å². The number of ether oxygens (including phenoxy) is 2. The summed E-state index contributed by atoms with van der Waals surface area (Å²) < 4.78 is 10.4. The van der Waals surface area contributed by atoms with Gasteiger partial charge in [-0.05, 0) is 6.92 Å². The first-order valence-corrected chi connectivity index (χ1v) is 5.13. The maximum atomic E-state index is 9.12. The predicted molar refractivity (Wildman–Crippen MR) is 60.7 cm³/mol. The van der Waals surface area contributed by atoms with Crippen molar-refractivity contribution in [2.45, 2.75) is 19.6 Å². The second-order valence-corrected chi connectivity index (χ2v) is 3.47. The molecule has 1 aromatic rings. The molecule has 5 nitrogen and oxygen atoms in total. The zero-order valence-corrected chi connectivity index (χ0v) is 9.86. The number of nitrogens with zero attached hydrogens (tertiary/aromatic N) is 1. The molecule has 1 rings (SSSR count). The van der Waals surface area contributed by atoms with E-state index >= 15 is 0 Å². The minimum atomic E-state index is -0.378. The van der Waals surface area contributed by atoms with Crippen molar-refractivity contribution in [2.75, 3.05) is 20.8 Å². The van der Waals surface area contributed by atoms with Crippen LogP contribution < -0.4 is 14.8 Å². The van der Waals surface area contributed by atoms with Crippen LogP contribution in [0.25, 0.3) is 0 Å². The van der Waals surface area contributed by atoms with Gasteiger partial charge in [0, 0.05) is 25.4 Å². The van der Waals surface area contributed by atoms with Crippen molar-refractivity contribution in [1.29, 1.82) is 0 Å². The molecular formula is C11H18N2O3. The van der Waals surface area contributed by atoms with Gasteiger partial charge in [-0.15, -0.1) is 0 Å². The fourth-order valence-corrected chi connectivity index (χ4v) is 1.38. The molecule has 0 aliphatic heterocycles. The highest BCUT2D eigenvalue weighted by Gasteiger charge is 2.10. The van der Waals surface area contributed by atoms with Crippen LogP contribution in [0.1, 0.15) is 12.6 Å². The number of aliphatic hydroxyl groups excluding tert-OH is 1. The molecule has 1 heterocycles. The largest absolute Gasteiger partial charge is 0.493 e. The lowest BCUT2D eigenvalue weighted by atomic mass is 10.3. The molecule has 1 aromatic heterocycles. The zero-order chi connectivity index (χ0) is 12.0. The third-order valence-corrected chi connectivity index (χ3v) is 2.10. The highest BCUT2D eigenvalue weighted by atomic mass is 16.5. The van der Waals surface area contributed by atoms with Gasteiger partial charge < -0.3 is 19.9 Å². The summed E-state index contributed by atoms with van der Waals surface area (Å²) >= 11 is 0. The minimum absolute atomic E-state index is 0.378. The third kappa shape index (κ3) is 3.36. The molecule has 0 radical (unpaired) electrons. The molecule has 0 saturated heterocycles. The van der Waals surface area contributed by atoms with Gasteiger partial charge in [0.15, 0.2) is 11.5 Å². The number of aliphatic hydroxyl groups is 1. The van der Waals surface area contributed by atoms with Gasteiger partial charge in [-0.3, -0.25) is 4.98 Å². The first kappa shape index (κ1) is 12.7. The van der Waals surface area contributed by atoms with Crippen LogP contribution >= 0.6 is 0 Å². The summed E-state index contributed by atoms with van der Waals surface area (Å²) in [7, 11) is 3.17. The summed E-state index contributed by atoms with van der Waals surface area (Å²) in [6, 6.07) is 1.75. The maximum absolute atomic E-state index is 9.12. The molecule has 5 heteroatoms. The van der Waals surface area contributed by atoms with Crippen molar-refractivity contribution in [1.82, 2.24) is 10.3 Å². The number of hydrogen-bond donors (Lipinski definition) is 2. The molecule has 0 spiro atoms. The lowest BCUT2D eigenvalue weighted by Crippen LogP contribution is -2.24. The Kier molecular flexibility index (Phi) is 5.01. The predicted octanol–water partition coefficient (Wildman–Crippen LogP) is 0.569. The monoisotopic (exact) mass is 226 g/mol. The van der Waals surface area contributed by atoms with E-state index in [1.54, 1.807) is 33.4 Å². The molecule has 1 atom stereocenters. The van der Waals surface area contributed by atoms with Crippen LogP contribution in [-0.4, -0.2) is 37.0 Å². The van der Waals surface area contributed by atoms with Crippen molar-refractivity contribution in [3.05, 3.63) is 18.0 Å². The van der Waals surface area contributed by atoms with Crippen molar-refractivity contribution < 1.29 is 14.6 Å². The molecule has 2 N–H and O–H groups in total. The number of rotatable bonds is 6. The topological polar surface area (TPSA) is 63.6 Å². The van der Waals surface area contributed by atoms with E-state index in [9.17, 15) is 0 Å². The number of nitrogens with one attached hydrogen (secondary N) is 1. The van der Waals surface area contributed by atoms with E-state index in [2.05, 4.69) is 10.3 Å². The van der Waals surface area contributed by atoms with E-state index in [-0.39, 0.29) is 6.10 Å². The third-order valence-electron chi connectivity index (χ3n) is 2.10. The minimum Gasteiger partial charge on any atom is -0.493 e. The highest BCUT2D eigenvalue weighted by Crippen LogP contribution is 2.28. The van der Waals surface area contributed by atoms with E-state index in [1.807, 2.05) is 0 Å². The molecule has 0 aliphatic rings. The number of methoxy groups -OCH3 is 2. The molecule has 16 heavy (non-hydrogen) atoms. The van der Waals surface area contributed by atoms with Crippen LogP contribution in [0.2, 0.25) is 0 Å². The van der Waals surface area contributed by atoms with Crippen molar-refractivity contribution in [3.8, 4) is 11.5 Å². The summed E-state index contributed by atoms with van der Waals surface area (Å²) in [6.07, 6.45) is 1.29. The SMILES string of the molecule is COc1ccnc(CNCC(C)O)c1OC. The van der Waals surface area contributed by atoms with Gasteiger partial charge in [0.05, 0.1) is 26.0 Å². The smallest absolute Gasteiger partial charge is 0.183 e. The Hall–Kier alpha value is -1.33. The Morgan fingerprint density at radius 3 is 2.75 bits per heavy atom. The van der Waals surface area contributed by atoms with Gasteiger partial charge >= 0.3 is 0 Å². The van der Waals surface area contributed by atoms with Crippen LogP contribution in [-0.2, 0) is 6.54 Å². The Morgan fingerprint density at radius 2 is 2.19 bits per heavy atom. The highest BCUT2D eigenvalue weighted by molar-refractivity contribution is 5.42. The summed E-state index contributed by atoms with van der Waals surface area (Å²) in [5, 5.41) is 12.2. The van der Waals surface area contributed by atoms with Crippen LogP contribution in [0.3, 0.4) is 0 Å². The second kappa shape index (κ2) is 6.30. The molecule has 1 unspecified atom stereocenters. The molecule has 0 fully saturated rings. The van der Waals surface area contributed by atoms with Gasteiger partial charge in [-0.1, -0.05) is 0 Å². The molecule has 0 bridgehead atoms. The Labute approximate surface area is 95.4 Å². The normalized spacial score (nSPS) is 12.2. The maximum Gasteiger partial charge on any atom is 0.183 e. The van der Waals surface area contributed by atoms with Crippen molar-refractivity contribution >= 4 is 0 Å². The fourth-order valence-electron chi connectivity index (χ4n) is 1.38. The summed E-state index contributed by atoms with van der Waals surface area (Å²) in [5.41, 5.74) is 0.766. The van der Waals surface area contributed by atoms with Gasteiger partial charge in [0.2, 0.25) is 0 Å². The van der Waals surface area contributed by atoms with Crippen LogP contribution in [0.5, 0.6) is 11.5 Å². The quantitative estimate of drug-likeness (QED) is 0.742. The first-order chi connectivity index (χ1) is 7.69. The lowest BCUT2D eigenvalue weighted by molar-refractivity contribution is 0.190. The molecule has 0 saturated carbocycles. The lowest BCUT2D eigenvalue weighted by Gasteiger charge is -2.12. The van der Waals surface area contributed by atoms with Crippen molar-refractivity contribution in [2.24, 2.45) is 0 Å². The summed E-state index contributed by atoms with van der Waals surface area (Å²) in [5.74, 6) is 1.29. The molecule has 0 amide bonds. The standard InChI is InChI=1S/C11H18N2O3/c1-8(14)6-12-7-9-11(16-3)10(15-2)4-5-13-9/h4-5,8,12,14H,6-7H2,1-3H3. The van der Waals surface area contributed by atoms with Gasteiger partial charge in [0.1, 0.15) is 0 Å². The number of pyridine rings is 1. The average molecular weight is 226 g/mol. The Bertz CT molecular complexity index is 329. The Balaban J connectivity index is 2.71. The number of hydrogen-bond acceptors (Lipinski definition) is 5. The Morgan fingerprint density at radius 1 is 1.44 bits per heavy atom. The van der Waals surface area contributed by atoms with E-state index in [1.165, 1.54) is 0 Å². The van der Waals surface area contributed by atoms with Crippen LogP contribution in [0, 0.1) is 0 Å². The zero-order valence-electron chi connectivity index (χ0n) is 9.86. The second-order valence-electron chi connectivity index (χ2n) is 3.47. The average Bonchev–Trinajstić information content (AvgIpc) is 2.28. The first-order valence-electron chi connectivity index (χ1n) is 5.13. The molecule has 90 valence electrons. The van der Waals surface area contributed by atoms with Crippen molar-refractivity contribution in [3.63, 3.8) is 0 Å².